The number of hydrogen-bond acceptors (Lipinski definition) is 14. The van der Waals surface area contributed by atoms with Crippen molar-refractivity contribution < 1.29 is 43.5 Å². The van der Waals surface area contributed by atoms with E-state index >= 15 is 0 Å². The maximum atomic E-state index is 11.2. The van der Waals surface area contributed by atoms with Gasteiger partial charge >= 0.3 is 5.97 Å². The monoisotopic (exact) mass is 797 g/mol. The first-order valence-electron chi connectivity index (χ1n) is 16.4. The third kappa shape index (κ3) is 47.8. The zero-order chi connectivity index (χ0) is 39.7. The second-order valence-corrected chi connectivity index (χ2v) is 15.0. The van der Waals surface area contributed by atoms with Gasteiger partial charge in [-0.3, -0.25) is 28.8 Å². The fourth-order valence-electron chi connectivity index (χ4n) is 3.40. The summed E-state index contributed by atoms with van der Waals surface area (Å²) in [7, 11) is 3.76. The predicted octanol–water partition coefficient (Wildman–Crippen LogP) is 4.99. The molecule has 0 aliphatic rings. The van der Waals surface area contributed by atoms with Gasteiger partial charge in [-0.05, 0) is 68.1 Å². The van der Waals surface area contributed by atoms with Gasteiger partial charge in [0.05, 0.1) is 6.42 Å². The number of carbonyl (C=O) groups excluding carboxylic acids is 7. The summed E-state index contributed by atoms with van der Waals surface area (Å²) in [5.74, 6) is 3.60. The molecule has 0 rings (SSSR count). The number of ketones is 7. The zero-order valence-electron chi connectivity index (χ0n) is 31.6. The van der Waals surface area contributed by atoms with Crippen LogP contribution in [0.25, 0.3) is 0 Å². The molecule has 12 nitrogen and oxygen atoms in total. The molecule has 3 unspecified atom stereocenters. The molecule has 5 N–H and O–H groups in total. The summed E-state index contributed by atoms with van der Waals surface area (Å²) in [4.78, 5) is 86.2. The highest BCUT2D eigenvalue weighted by molar-refractivity contribution is 7.99. The quantitative estimate of drug-likeness (QED) is 0.0672. The molecule has 0 aromatic rings. The maximum absolute atomic E-state index is 11.2. The summed E-state index contributed by atoms with van der Waals surface area (Å²) in [5.41, 5.74) is 5.71. The number of hydrogen-bond donors (Lipinski definition) is 4. The second-order valence-electron chi connectivity index (χ2n) is 11.6. The minimum Gasteiger partial charge on any atom is -0.481 e. The molecule has 0 amide bonds. The molecule has 0 saturated heterocycles. The van der Waals surface area contributed by atoms with Gasteiger partial charge in [-0.2, -0.15) is 35.3 Å². The van der Waals surface area contributed by atoms with Gasteiger partial charge in [-0.1, -0.05) is 21.4 Å². The molecule has 0 aliphatic carbocycles. The third-order valence-corrected chi connectivity index (χ3v) is 9.81. The Kier molecular flexibility index (Phi) is 49.5. The first-order chi connectivity index (χ1) is 23.3. The van der Waals surface area contributed by atoms with Crippen molar-refractivity contribution in [1.29, 1.82) is 0 Å². The van der Waals surface area contributed by atoms with Crippen molar-refractivity contribution in [1.82, 2.24) is 10.6 Å². The molecule has 0 aliphatic heterocycles. The fraction of sp³-hybridized carbons (Fsp3) is 0.730. The lowest BCUT2D eigenvalue weighted by Crippen LogP contribution is -2.19. The number of thioether (sulfide) groups is 3. The first kappa shape index (κ1) is 61.8. The molecule has 0 spiro atoms. The van der Waals surface area contributed by atoms with E-state index in [1.165, 1.54) is 41.5 Å². The first-order valence-corrected chi connectivity index (χ1v) is 19.9. The Bertz CT molecular complexity index is 1010. The van der Waals surface area contributed by atoms with Gasteiger partial charge in [-0.25, -0.2) is 0 Å². The van der Waals surface area contributed by atoms with Crippen LogP contribution in [0.3, 0.4) is 0 Å². The summed E-state index contributed by atoms with van der Waals surface area (Å²) in [6.45, 7) is 16.3. The number of Topliss-reactive ketones (excluding diaryl/α,β-unsaturated/α-hetero) is 7. The Morgan fingerprint density at radius 3 is 1.13 bits per heavy atom. The van der Waals surface area contributed by atoms with Crippen LogP contribution in [0.2, 0.25) is 0 Å². The van der Waals surface area contributed by atoms with E-state index < -0.39 is 5.97 Å². The molecule has 0 heterocycles. The summed E-state index contributed by atoms with van der Waals surface area (Å²) in [5, 5.41) is 14.6. The molecule has 0 aromatic heterocycles. The fourth-order valence-corrected chi connectivity index (χ4v) is 6.67. The highest BCUT2D eigenvalue weighted by atomic mass is 32.2. The SMILES string of the molecule is C.C.C=C(CC(C)=O)C(C)=O.CC(=O)CC(CSCCN)C(C)=O.CNCCSCC(CC(=O)O)C(C)=O.CNCCSCC(CC(C)=O)C(C)=O. The normalized spacial score (nSPS) is 11.3. The lowest BCUT2D eigenvalue weighted by molar-refractivity contribution is -0.140. The standard InChI is InChI=1S/C10H19NO2S.C9H17NO3S.C9H17NO2S.C7H10O2.2CH4/c1-8(12)6-10(9(2)13)7-14-5-4-11-3;1-7(11)8(5-9(12)13)6-14-4-3-10-2;1-7(11)5-9(8(2)12)6-13-4-3-10;1-5(7(3)9)4-6(2)8;;/h10-11H,4-7H2,1-3H3;8,10H,3-6H2,1-2H3,(H,12,13);9H,3-6,10H2,1-2H3;1,4H2,2-3H3;2*1H4. The zero-order valence-corrected chi connectivity index (χ0v) is 34.1. The van der Waals surface area contributed by atoms with Gasteiger partial charge in [0.15, 0.2) is 5.78 Å². The van der Waals surface area contributed by atoms with Crippen LogP contribution in [-0.4, -0.2) is 120 Å². The number of carboxylic acid groups (broad SMARTS) is 1. The second kappa shape index (κ2) is 41.6. The predicted molar refractivity (Wildman–Crippen MR) is 223 cm³/mol. The van der Waals surface area contributed by atoms with Crippen LogP contribution in [0.4, 0.5) is 0 Å². The van der Waals surface area contributed by atoms with Crippen LogP contribution in [0, 0.1) is 17.8 Å². The summed E-state index contributed by atoms with van der Waals surface area (Å²) < 4.78 is 0. The van der Waals surface area contributed by atoms with E-state index in [9.17, 15) is 38.4 Å². The maximum Gasteiger partial charge on any atom is 0.304 e. The Labute approximate surface area is 327 Å². The molecule has 306 valence electrons. The molecule has 0 aromatic carbocycles. The van der Waals surface area contributed by atoms with E-state index in [0.717, 1.165) is 36.1 Å². The number of nitrogens with one attached hydrogen (secondary N) is 2. The number of carbonyl (C=O) groups is 8. The van der Waals surface area contributed by atoms with Crippen molar-refractivity contribution in [3.8, 4) is 0 Å². The molecule has 15 heteroatoms. The highest BCUT2D eigenvalue weighted by Crippen LogP contribution is 2.15. The minimum atomic E-state index is -0.903. The summed E-state index contributed by atoms with van der Waals surface area (Å²) in [6.07, 6.45) is 0.895. The van der Waals surface area contributed by atoms with E-state index in [0.29, 0.717) is 36.5 Å². The molecular formula is C37H71N3O9S3. The molecule has 3 atom stereocenters. The van der Waals surface area contributed by atoms with Crippen LogP contribution in [0.15, 0.2) is 12.2 Å². The Balaban J connectivity index is -0.000000135. The summed E-state index contributed by atoms with van der Waals surface area (Å²) >= 11 is 4.96. The van der Waals surface area contributed by atoms with E-state index in [1.54, 1.807) is 42.2 Å². The van der Waals surface area contributed by atoms with E-state index in [-0.39, 0.29) is 85.9 Å². The number of nitrogens with two attached hydrogens (primary N) is 1. The number of allylic oxidation sites excluding steroid dienone is 1. The van der Waals surface area contributed by atoms with Crippen molar-refractivity contribution in [2.24, 2.45) is 23.5 Å². The van der Waals surface area contributed by atoms with Crippen molar-refractivity contribution in [2.45, 2.75) is 89.0 Å². The third-order valence-electron chi connectivity index (χ3n) is 6.39. The summed E-state index contributed by atoms with van der Waals surface area (Å²) in [6, 6.07) is 0. The lowest BCUT2D eigenvalue weighted by Gasteiger charge is -2.11. The van der Waals surface area contributed by atoms with Gasteiger partial charge in [-0.15, -0.1) is 0 Å². The average molecular weight is 798 g/mol. The van der Waals surface area contributed by atoms with Gasteiger partial charge in [0, 0.05) is 91.2 Å². The van der Waals surface area contributed by atoms with Gasteiger partial charge in [0.1, 0.15) is 34.7 Å². The van der Waals surface area contributed by atoms with E-state index in [4.69, 9.17) is 10.8 Å². The van der Waals surface area contributed by atoms with Gasteiger partial charge in [0.2, 0.25) is 0 Å². The molecule has 0 fully saturated rings. The van der Waals surface area contributed by atoms with E-state index in [2.05, 4.69) is 17.2 Å². The molecule has 52 heavy (non-hydrogen) atoms. The Morgan fingerprint density at radius 1 is 0.596 bits per heavy atom. The highest BCUT2D eigenvalue weighted by Gasteiger charge is 2.18. The van der Waals surface area contributed by atoms with Crippen molar-refractivity contribution in [2.75, 3.05) is 68.2 Å². The van der Waals surface area contributed by atoms with Gasteiger partial charge in [0.25, 0.3) is 0 Å². The molecule has 0 bridgehead atoms. The van der Waals surface area contributed by atoms with Crippen molar-refractivity contribution >= 4 is 81.7 Å². The van der Waals surface area contributed by atoms with Crippen LogP contribution in [-0.2, 0) is 38.4 Å². The average Bonchev–Trinajstić information content (AvgIpc) is 2.99. The largest absolute Gasteiger partial charge is 0.481 e. The van der Waals surface area contributed by atoms with E-state index in [1.807, 2.05) is 14.1 Å². The number of aliphatic carboxylic acids is 1. The van der Waals surface area contributed by atoms with Crippen molar-refractivity contribution in [3.05, 3.63) is 12.2 Å². The van der Waals surface area contributed by atoms with Crippen LogP contribution in [0.5, 0.6) is 0 Å². The van der Waals surface area contributed by atoms with Crippen LogP contribution >= 0.6 is 35.3 Å². The number of carboxylic acids is 1. The molecular weight excluding hydrogens is 727 g/mol. The Morgan fingerprint density at radius 2 is 0.923 bits per heavy atom. The smallest absolute Gasteiger partial charge is 0.304 e. The minimum absolute atomic E-state index is 0. The number of rotatable bonds is 26. The lowest BCUT2D eigenvalue weighted by atomic mass is 10.0. The van der Waals surface area contributed by atoms with Crippen LogP contribution in [0.1, 0.15) is 89.0 Å². The van der Waals surface area contributed by atoms with Crippen LogP contribution < -0.4 is 16.4 Å². The molecule has 0 radical (unpaired) electrons. The molecule has 0 saturated carbocycles. The Hall–Kier alpha value is -2.17. The van der Waals surface area contributed by atoms with Gasteiger partial charge < -0.3 is 31.1 Å². The topological polar surface area (TPSA) is 207 Å². The van der Waals surface area contributed by atoms with Crippen molar-refractivity contribution in [3.63, 3.8) is 0 Å².